The lowest BCUT2D eigenvalue weighted by Crippen LogP contribution is -2.53. The third kappa shape index (κ3) is 6.52. The van der Waals surface area contributed by atoms with Gasteiger partial charge in [-0.15, -0.1) is 6.58 Å². The molecule has 1 heterocycles. The molecule has 2 aromatic carbocycles. The molecule has 2 N–H and O–H groups in total. The van der Waals surface area contributed by atoms with Crippen LogP contribution in [-0.2, 0) is 14.4 Å². The van der Waals surface area contributed by atoms with Crippen molar-refractivity contribution in [1.29, 1.82) is 0 Å². The second-order valence-corrected chi connectivity index (χ2v) is 8.37. The van der Waals surface area contributed by atoms with Crippen molar-refractivity contribution in [2.24, 2.45) is 0 Å². The van der Waals surface area contributed by atoms with E-state index in [0.29, 0.717) is 28.1 Å². The number of benzene rings is 2. The lowest BCUT2D eigenvalue weighted by atomic mass is 10.1. The quantitative estimate of drug-likeness (QED) is 0.209. The van der Waals surface area contributed by atoms with E-state index >= 15 is 0 Å². The van der Waals surface area contributed by atoms with Gasteiger partial charge in [0.15, 0.2) is 23.2 Å². The highest BCUT2D eigenvalue weighted by Gasteiger charge is 2.32. The van der Waals surface area contributed by atoms with E-state index in [0.717, 1.165) is 0 Å². The van der Waals surface area contributed by atoms with Crippen molar-refractivity contribution >= 4 is 62.7 Å². The largest absolute Gasteiger partial charge is 0.490 e. The molecule has 2 aromatic rings. The number of amides is 3. The van der Waals surface area contributed by atoms with Crippen LogP contribution < -0.4 is 20.1 Å². The molecule has 8 nitrogen and oxygen atoms in total. The number of hydrogen-bond donors (Lipinski definition) is 2. The summed E-state index contributed by atoms with van der Waals surface area (Å²) in [5, 5.41) is 5.10. The molecule has 182 valence electrons. The van der Waals surface area contributed by atoms with Gasteiger partial charge < -0.3 is 14.8 Å². The van der Waals surface area contributed by atoms with E-state index in [1.54, 1.807) is 19.1 Å². The van der Waals surface area contributed by atoms with Gasteiger partial charge in [0.1, 0.15) is 11.4 Å². The summed E-state index contributed by atoms with van der Waals surface area (Å²) >= 11 is 8.46. The molecule has 0 atom stereocenters. The second-order valence-electron chi connectivity index (χ2n) is 7.13. The number of ether oxygens (including phenoxy) is 2. The Balaban J connectivity index is 1.82. The highest BCUT2D eigenvalue weighted by atomic mass is 79.9. The van der Waals surface area contributed by atoms with E-state index in [2.05, 4.69) is 33.1 Å². The van der Waals surface area contributed by atoms with Crippen molar-refractivity contribution in [1.82, 2.24) is 10.2 Å². The third-order valence-corrected chi connectivity index (χ3v) is 5.53. The Morgan fingerprint density at radius 2 is 1.97 bits per heavy atom. The number of hydrogen-bond acceptors (Lipinski definition) is 6. The number of thiocarbonyl (C=S) groups is 1. The molecule has 1 aliphatic rings. The summed E-state index contributed by atoms with van der Waals surface area (Å²) in [4.78, 5) is 38.7. The number of nitrogens with zero attached hydrogens (tertiary/aromatic N) is 1. The van der Waals surface area contributed by atoms with Crippen molar-refractivity contribution in [3.8, 4) is 11.5 Å². The van der Waals surface area contributed by atoms with Crippen LogP contribution >= 0.6 is 28.1 Å². The standard InChI is InChI=1S/C24H21BrFN3O5S/c1-3-9-29-23(32)17(22(31)28-24(29)35)10-14-11-18(25)21(19(12-14)33-4-2)34-13-20(30)27-16-7-5-15(26)6-8-16/h3,5-8,10-12H,1,4,9,13H2,2H3,(H,27,30)(H,28,31,35)/b17-10+. The first-order valence-electron chi connectivity index (χ1n) is 10.4. The van der Waals surface area contributed by atoms with Gasteiger partial charge in [0, 0.05) is 12.2 Å². The Morgan fingerprint density at radius 1 is 1.26 bits per heavy atom. The lowest BCUT2D eigenvalue weighted by Gasteiger charge is -2.27. The van der Waals surface area contributed by atoms with Crippen molar-refractivity contribution in [2.45, 2.75) is 6.92 Å². The number of rotatable bonds is 9. The summed E-state index contributed by atoms with van der Waals surface area (Å²) in [6, 6.07) is 8.53. The van der Waals surface area contributed by atoms with E-state index in [1.165, 1.54) is 41.3 Å². The number of anilines is 1. The van der Waals surface area contributed by atoms with E-state index in [1.807, 2.05) is 0 Å². The minimum atomic E-state index is -0.618. The summed E-state index contributed by atoms with van der Waals surface area (Å²) in [5.74, 6) is -1.48. The van der Waals surface area contributed by atoms with Crippen LogP contribution in [0.3, 0.4) is 0 Å². The monoisotopic (exact) mass is 561 g/mol. The molecule has 1 aliphatic heterocycles. The van der Waals surface area contributed by atoms with E-state index in [4.69, 9.17) is 21.7 Å². The van der Waals surface area contributed by atoms with Crippen LogP contribution in [0.25, 0.3) is 6.08 Å². The summed E-state index contributed by atoms with van der Waals surface area (Å²) < 4.78 is 24.8. The molecule has 0 radical (unpaired) electrons. The van der Waals surface area contributed by atoms with Crippen molar-refractivity contribution in [3.63, 3.8) is 0 Å². The molecule has 0 aliphatic carbocycles. The molecule has 0 saturated carbocycles. The smallest absolute Gasteiger partial charge is 0.265 e. The van der Waals surface area contributed by atoms with Gasteiger partial charge in [-0.2, -0.15) is 0 Å². The fourth-order valence-corrected chi connectivity index (χ4v) is 3.92. The summed E-state index contributed by atoms with van der Waals surface area (Å²) in [6.45, 7) is 5.47. The molecule has 0 unspecified atom stereocenters. The average Bonchev–Trinajstić information content (AvgIpc) is 2.80. The summed E-state index contributed by atoms with van der Waals surface area (Å²) in [6.07, 6.45) is 2.91. The predicted molar refractivity (Wildman–Crippen MR) is 136 cm³/mol. The highest BCUT2D eigenvalue weighted by Crippen LogP contribution is 2.37. The molecule has 0 aromatic heterocycles. The Hall–Kier alpha value is -3.57. The Labute approximate surface area is 214 Å². The van der Waals surface area contributed by atoms with Gasteiger partial charge >= 0.3 is 0 Å². The van der Waals surface area contributed by atoms with Crippen molar-refractivity contribution in [3.05, 3.63) is 70.5 Å². The minimum Gasteiger partial charge on any atom is -0.490 e. The molecule has 11 heteroatoms. The second kappa shape index (κ2) is 11.7. The van der Waals surface area contributed by atoms with Crippen LogP contribution in [0, 0.1) is 5.82 Å². The van der Waals surface area contributed by atoms with Crippen LogP contribution in [0.15, 0.2) is 59.1 Å². The van der Waals surface area contributed by atoms with Gasteiger partial charge in [0.2, 0.25) is 0 Å². The van der Waals surface area contributed by atoms with Gasteiger partial charge in [-0.25, -0.2) is 4.39 Å². The predicted octanol–water partition coefficient (Wildman–Crippen LogP) is 3.82. The van der Waals surface area contributed by atoms with Crippen LogP contribution in [0.2, 0.25) is 0 Å². The van der Waals surface area contributed by atoms with E-state index in [9.17, 15) is 18.8 Å². The highest BCUT2D eigenvalue weighted by molar-refractivity contribution is 9.10. The summed E-state index contributed by atoms with van der Waals surface area (Å²) in [5.41, 5.74) is 0.793. The topological polar surface area (TPSA) is 97.0 Å². The molecule has 0 spiro atoms. The van der Waals surface area contributed by atoms with Crippen molar-refractivity contribution < 1.29 is 28.2 Å². The fourth-order valence-electron chi connectivity index (χ4n) is 3.10. The zero-order chi connectivity index (χ0) is 25.5. The Kier molecular flexibility index (Phi) is 8.72. The zero-order valence-corrected chi connectivity index (χ0v) is 21.0. The maximum atomic E-state index is 13.0. The first-order valence-corrected chi connectivity index (χ1v) is 11.6. The molecule has 3 rings (SSSR count). The zero-order valence-electron chi connectivity index (χ0n) is 18.6. The molecule has 35 heavy (non-hydrogen) atoms. The fraction of sp³-hybridized carbons (Fsp3) is 0.167. The van der Waals surface area contributed by atoms with Gasteiger partial charge in [-0.3, -0.25) is 24.6 Å². The SMILES string of the molecule is C=CCN1C(=O)/C(=C/c2cc(Br)c(OCC(=O)Nc3ccc(F)cc3)c(OCC)c2)C(=O)NC1=S. The molecular weight excluding hydrogens is 541 g/mol. The number of nitrogens with one attached hydrogen (secondary N) is 2. The Bertz CT molecular complexity index is 1220. The van der Waals surface area contributed by atoms with Crippen molar-refractivity contribution in [2.75, 3.05) is 25.1 Å². The number of carbonyl (C=O) groups excluding carboxylic acids is 3. The van der Waals surface area contributed by atoms with Crippen LogP contribution in [0.4, 0.5) is 10.1 Å². The van der Waals surface area contributed by atoms with Crippen LogP contribution in [-0.4, -0.2) is 47.5 Å². The van der Waals surface area contributed by atoms with Gasteiger partial charge in [-0.1, -0.05) is 6.08 Å². The van der Waals surface area contributed by atoms with Gasteiger partial charge in [-0.05, 0) is 83.1 Å². The molecule has 1 fully saturated rings. The molecule has 3 amide bonds. The minimum absolute atomic E-state index is 0.0101. The van der Waals surface area contributed by atoms with Gasteiger partial charge in [0.25, 0.3) is 17.7 Å². The number of halogens is 2. The van der Waals surface area contributed by atoms with Gasteiger partial charge in [0.05, 0.1) is 11.1 Å². The number of carbonyl (C=O) groups is 3. The lowest BCUT2D eigenvalue weighted by molar-refractivity contribution is -0.128. The summed E-state index contributed by atoms with van der Waals surface area (Å²) in [7, 11) is 0. The third-order valence-electron chi connectivity index (χ3n) is 4.62. The first-order chi connectivity index (χ1) is 16.7. The first kappa shape index (κ1) is 26.0. The van der Waals surface area contributed by atoms with Crippen LogP contribution in [0.1, 0.15) is 12.5 Å². The molecule has 0 bridgehead atoms. The average molecular weight is 562 g/mol. The van der Waals surface area contributed by atoms with Crippen LogP contribution in [0.5, 0.6) is 11.5 Å². The maximum Gasteiger partial charge on any atom is 0.265 e. The maximum absolute atomic E-state index is 13.0. The Morgan fingerprint density at radius 3 is 2.63 bits per heavy atom. The van der Waals surface area contributed by atoms with E-state index in [-0.39, 0.29) is 29.6 Å². The molecule has 1 saturated heterocycles. The van der Waals surface area contributed by atoms with E-state index < -0.39 is 23.5 Å². The molecular formula is C24H21BrFN3O5S. The normalized spacial score (nSPS) is 14.5.